The molecule has 3 aromatic carbocycles. The van der Waals surface area contributed by atoms with Gasteiger partial charge < -0.3 is 14.8 Å². The highest BCUT2D eigenvalue weighted by Crippen LogP contribution is 2.28. The van der Waals surface area contributed by atoms with Crippen molar-refractivity contribution in [2.24, 2.45) is 0 Å². The number of sulfonamides is 1. The average molecular weight is 465 g/mol. The molecular weight excluding hydrogens is 447 g/mol. The number of halogens is 2. The first kappa shape index (κ1) is 22.4. The zero-order valence-corrected chi connectivity index (χ0v) is 17.8. The highest BCUT2D eigenvalue weighted by molar-refractivity contribution is 7.92. The maximum absolute atomic E-state index is 12.9. The van der Waals surface area contributed by atoms with E-state index in [1.807, 2.05) is 0 Å². The predicted octanol–water partition coefficient (Wildman–Crippen LogP) is 4.31. The van der Waals surface area contributed by atoms with E-state index in [4.69, 9.17) is 21.1 Å². The molecule has 162 valence electrons. The van der Waals surface area contributed by atoms with Gasteiger partial charge in [0.2, 0.25) is 0 Å². The summed E-state index contributed by atoms with van der Waals surface area (Å²) in [6.45, 7) is -0.368. The first-order valence-corrected chi connectivity index (χ1v) is 10.8. The van der Waals surface area contributed by atoms with Crippen molar-refractivity contribution in [2.75, 3.05) is 23.8 Å². The summed E-state index contributed by atoms with van der Waals surface area (Å²) in [5.74, 6) is -0.173. The van der Waals surface area contributed by atoms with Gasteiger partial charge in [-0.1, -0.05) is 11.6 Å². The first-order chi connectivity index (χ1) is 14.8. The third kappa shape index (κ3) is 6.09. The van der Waals surface area contributed by atoms with Gasteiger partial charge in [-0.15, -0.1) is 0 Å². The molecule has 0 bridgehead atoms. The molecule has 0 radical (unpaired) electrons. The number of hydrogen-bond donors (Lipinski definition) is 2. The van der Waals surface area contributed by atoms with Crippen molar-refractivity contribution in [3.63, 3.8) is 0 Å². The SMILES string of the molecule is COc1ccc(NS(=O)(=O)c2ccc(OCC(=O)Nc3ccc(F)cc3)c(Cl)c2)cc1. The number of amides is 1. The molecule has 1 amide bonds. The van der Waals surface area contributed by atoms with Crippen molar-refractivity contribution in [2.45, 2.75) is 4.90 Å². The van der Waals surface area contributed by atoms with Gasteiger partial charge in [0, 0.05) is 11.4 Å². The molecule has 7 nitrogen and oxygen atoms in total. The molecule has 0 saturated carbocycles. The van der Waals surface area contributed by atoms with Gasteiger partial charge in [0.1, 0.15) is 17.3 Å². The predicted molar refractivity (Wildman–Crippen MR) is 116 cm³/mol. The van der Waals surface area contributed by atoms with Crippen LogP contribution in [0.4, 0.5) is 15.8 Å². The van der Waals surface area contributed by atoms with Gasteiger partial charge >= 0.3 is 0 Å². The first-order valence-electron chi connectivity index (χ1n) is 8.91. The summed E-state index contributed by atoms with van der Waals surface area (Å²) in [6, 6.07) is 15.5. The molecule has 2 N–H and O–H groups in total. The van der Waals surface area contributed by atoms with E-state index in [1.54, 1.807) is 24.3 Å². The molecule has 0 aliphatic rings. The normalized spacial score (nSPS) is 10.9. The van der Waals surface area contributed by atoms with Crippen LogP contribution in [0.1, 0.15) is 0 Å². The summed E-state index contributed by atoms with van der Waals surface area (Å²) in [7, 11) is -2.38. The van der Waals surface area contributed by atoms with Crippen LogP contribution in [0, 0.1) is 5.82 Å². The lowest BCUT2D eigenvalue weighted by Crippen LogP contribution is -2.20. The summed E-state index contributed by atoms with van der Waals surface area (Å²) >= 11 is 6.13. The standard InChI is InChI=1S/C21H18ClFN2O5S/c1-29-17-8-6-16(7-9-17)25-31(27,28)18-10-11-20(19(22)12-18)30-13-21(26)24-15-4-2-14(23)3-5-15/h2-12,25H,13H2,1H3,(H,24,26). The largest absolute Gasteiger partial charge is 0.497 e. The number of benzene rings is 3. The number of rotatable bonds is 8. The zero-order valence-electron chi connectivity index (χ0n) is 16.3. The molecule has 0 saturated heterocycles. The summed E-state index contributed by atoms with van der Waals surface area (Å²) < 4.78 is 50.9. The van der Waals surface area contributed by atoms with Gasteiger partial charge in [-0.3, -0.25) is 9.52 Å². The number of carbonyl (C=O) groups is 1. The topological polar surface area (TPSA) is 93.7 Å². The third-order valence-electron chi connectivity index (χ3n) is 4.04. The van der Waals surface area contributed by atoms with Crippen LogP contribution in [-0.2, 0) is 14.8 Å². The minimum Gasteiger partial charge on any atom is -0.497 e. The van der Waals surface area contributed by atoms with Gasteiger partial charge in [0.25, 0.3) is 15.9 Å². The molecule has 31 heavy (non-hydrogen) atoms. The number of anilines is 2. The lowest BCUT2D eigenvalue weighted by molar-refractivity contribution is -0.118. The Kier molecular flexibility index (Phi) is 6.98. The summed E-state index contributed by atoms with van der Waals surface area (Å²) in [5, 5.41) is 2.56. The van der Waals surface area contributed by atoms with E-state index in [1.165, 1.54) is 49.6 Å². The Balaban J connectivity index is 1.63. The minimum atomic E-state index is -3.89. The second-order valence-electron chi connectivity index (χ2n) is 6.27. The molecule has 3 aromatic rings. The molecule has 0 fully saturated rings. The highest BCUT2D eigenvalue weighted by Gasteiger charge is 2.17. The van der Waals surface area contributed by atoms with Crippen molar-refractivity contribution in [3.05, 3.63) is 77.6 Å². The Bertz CT molecular complexity index is 1170. The Morgan fingerprint density at radius 1 is 1.00 bits per heavy atom. The minimum absolute atomic E-state index is 0.0205. The summed E-state index contributed by atoms with van der Waals surface area (Å²) in [6.07, 6.45) is 0. The van der Waals surface area contributed by atoms with E-state index in [0.717, 1.165) is 0 Å². The van der Waals surface area contributed by atoms with E-state index >= 15 is 0 Å². The Morgan fingerprint density at radius 3 is 2.26 bits per heavy atom. The maximum Gasteiger partial charge on any atom is 0.262 e. The van der Waals surface area contributed by atoms with Gasteiger partial charge in [-0.05, 0) is 66.7 Å². The van der Waals surface area contributed by atoms with Gasteiger partial charge in [-0.2, -0.15) is 0 Å². The highest BCUT2D eigenvalue weighted by atomic mass is 35.5. The molecular formula is C21H18ClFN2O5S. The van der Waals surface area contributed by atoms with Crippen molar-refractivity contribution in [1.82, 2.24) is 0 Å². The number of methoxy groups -OCH3 is 1. The van der Waals surface area contributed by atoms with Crippen LogP contribution in [0.5, 0.6) is 11.5 Å². The number of ether oxygens (including phenoxy) is 2. The molecule has 0 aliphatic carbocycles. The Hall–Kier alpha value is -3.30. The van der Waals surface area contributed by atoms with Gasteiger partial charge in [0.15, 0.2) is 6.61 Å². The molecule has 0 atom stereocenters. The molecule has 0 heterocycles. The smallest absolute Gasteiger partial charge is 0.262 e. The summed E-state index contributed by atoms with van der Waals surface area (Å²) in [5.41, 5.74) is 0.766. The van der Waals surface area contributed by atoms with Crippen LogP contribution in [0.25, 0.3) is 0 Å². The quantitative estimate of drug-likeness (QED) is 0.518. The monoisotopic (exact) mass is 464 g/mol. The molecule has 0 unspecified atom stereocenters. The fourth-order valence-corrected chi connectivity index (χ4v) is 3.90. The van der Waals surface area contributed by atoms with E-state index in [-0.39, 0.29) is 22.3 Å². The zero-order chi connectivity index (χ0) is 22.4. The van der Waals surface area contributed by atoms with Gasteiger partial charge in [0.05, 0.1) is 17.0 Å². The number of carbonyl (C=O) groups excluding carboxylic acids is 1. The van der Waals surface area contributed by atoms with Crippen LogP contribution in [0.2, 0.25) is 5.02 Å². The van der Waals surface area contributed by atoms with Crippen molar-refractivity contribution >= 4 is 38.9 Å². The Labute approximate surface area is 183 Å². The average Bonchev–Trinajstić information content (AvgIpc) is 2.75. The lowest BCUT2D eigenvalue weighted by atomic mass is 10.3. The van der Waals surface area contributed by atoms with E-state index in [9.17, 15) is 17.6 Å². The fraction of sp³-hybridized carbons (Fsp3) is 0.0952. The van der Waals surface area contributed by atoms with Crippen LogP contribution in [0.3, 0.4) is 0 Å². The van der Waals surface area contributed by atoms with Crippen molar-refractivity contribution in [3.8, 4) is 11.5 Å². The third-order valence-corrected chi connectivity index (χ3v) is 5.72. The second kappa shape index (κ2) is 9.67. The van der Waals surface area contributed by atoms with Crippen molar-refractivity contribution < 1.29 is 27.1 Å². The van der Waals surface area contributed by atoms with E-state index in [0.29, 0.717) is 17.1 Å². The lowest BCUT2D eigenvalue weighted by Gasteiger charge is -2.12. The Morgan fingerprint density at radius 2 is 1.65 bits per heavy atom. The van der Waals surface area contributed by atoms with Crippen LogP contribution < -0.4 is 19.5 Å². The second-order valence-corrected chi connectivity index (χ2v) is 8.36. The maximum atomic E-state index is 12.9. The molecule has 0 spiro atoms. The summed E-state index contributed by atoms with van der Waals surface area (Å²) in [4.78, 5) is 11.9. The van der Waals surface area contributed by atoms with Crippen molar-refractivity contribution in [1.29, 1.82) is 0 Å². The van der Waals surface area contributed by atoms with Crippen LogP contribution in [0.15, 0.2) is 71.6 Å². The number of hydrogen-bond acceptors (Lipinski definition) is 5. The molecule has 10 heteroatoms. The molecule has 0 aliphatic heterocycles. The van der Waals surface area contributed by atoms with Crippen LogP contribution >= 0.6 is 11.6 Å². The fourth-order valence-electron chi connectivity index (χ4n) is 2.51. The number of nitrogens with one attached hydrogen (secondary N) is 2. The van der Waals surface area contributed by atoms with E-state index in [2.05, 4.69) is 10.0 Å². The van der Waals surface area contributed by atoms with E-state index < -0.39 is 21.7 Å². The molecule has 0 aromatic heterocycles. The van der Waals surface area contributed by atoms with Gasteiger partial charge in [-0.25, -0.2) is 12.8 Å². The van der Waals surface area contributed by atoms with Crippen LogP contribution in [-0.4, -0.2) is 28.0 Å². The molecule has 3 rings (SSSR count).